The number of nitrogens with two attached hydrogens (primary N) is 1. The van der Waals surface area contributed by atoms with Gasteiger partial charge in [-0.1, -0.05) is 50.6 Å². The van der Waals surface area contributed by atoms with Crippen molar-refractivity contribution in [1.82, 2.24) is 5.16 Å². The molecule has 16 heavy (non-hydrogen) atoms. The smallest absolute Gasteiger partial charge is 0.180 e. The summed E-state index contributed by atoms with van der Waals surface area (Å²) in [6.07, 6.45) is 10.2. The highest BCUT2D eigenvalue weighted by Gasteiger charge is 2.09. The van der Waals surface area contributed by atoms with Gasteiger partial charge in [0.05, 0.1) is 3.57 Å². The Labute approximate surface area is 111 Å². The Bertz CT molecular complexity index is 299. The van der Waals surface area contributed by atoms with Crippen molar-refractivity contribution in [3.05, 3.63) is 9.33 Å². The minimum absolute atomic E-state index is 0.526. The molecule has 0 atom stereocenters. The van der Waals surface area contributed by atoms with Crippen LogP contribution in [0.4, 0.5) is 5.82 Å². The van der Waals surface area contributed by atoms with Crippen LogP contribution in [0.1, 0.15) is 57.6 Å². The van der Waals surface area contributed by atoms with E-state index in [1.165, 1.54) is 44.9 Å². The fourth-order valence-electron chi connectivity index (χ4n) is 1.73. The molecule has 0 aromatic carbocycles. The van der Waals surface area contributed by atoms with Gasteiger partial charge in [0.15, 0.2) is 11.6 Å². The van der Waals surface area contributed by atoms with E-state index in [4.69, 9.17) is 10.3 Å². The van der Waals surface area contributed by atoms with Crippen LogP contribution >= 0.6 is 22.6 Å². The summed E-state index contributed by atoms with van der Waals surface area (Å²) in [4.78, 5) is 0. The minimum Gasteiger partial charge on any atom is -0.380 e. The molecule has 0 saturated heterocycles. The van der Waals surface area contributed by atoms with Crippen molar-refractivity contribution in [3.8, 4) is 0 Å². The number of halogens is 1. The molecule has 1 heterocycles. The van der Waals surface area contributed by atoms with Crippen LogP contribution in [0.3, 0.4) is 0 Å². The van der Waals surface area contributed by atoms with Crippen molar-refractivity contribution in [2.24, 2.45) is 0 Å². The van der Waals surface area contributed by atoms with E-state index in [9.17, 15) is 0 Å². The van der Waals surface area contributed by atoms with E-state index in [0.717, 1.165) is 15.8 Å². The van der Waals surface area contributed by atoms with Gasteiger partial charge in [0.25, 0.3) is 0 Å². The second-order valence-corrected chi connectivity index (χ2v) is 5.26. The van der Waals surface area contributed by atoms with Crippen LogP contribution in [0, 0.1) is 3.57 Å². The first-order valence-electron chi connectivity index (χ1n) is 6.15. The van der Waals surface area contributed by atoms with Crippen LogP contribution in [0.5, 0.6) is 0 Å². The predicted molar refractivity (Wildman–Crippen MR) is 75.3 cm³/mol. The Morgan fingerprint density at radius 1 is 1.12 bits per heavy atom. The zero-order chi connectivity index (χ0) is 11.8. The monoisotopic (exact) mass is 336 g/mol. The fraction of sp³-hybridized carbons (Fsp3) is 0.750. The molecular weight excluding hydrogens is 315 g/mol. The summed E-state index contributed by atoms with van der Waals surface area (Å²) < 4.78 is 6.15. The Kier molecular flexibility index (Phi) is 6.84. The maximum Gasteiger partial charge on any atom is 0.180 e. The molecule has 0 bridgehead atoms. The molecule has 1 aromatic heterocycles. The van der Waals surface area contributed by atoms with Crippen molar-refractivity contribution in [1.29, 1.82) is 0 Å². The summed E-state index contributed by atoms with van der Waals surface area (Å²) in [7, 11) is 0. The molecule has 0 aliphatic rings. The van der Waals surface area contributed by atoms with Crippen molar-refractivity contribution in [2.75, 3.05) is 5.73 Å². The molecule has 92 valence electrons. The first-order valence-corrected chi connectivity index (χ1v) is 7.23. The standard InChI is InChI=1S/C12H21IN2O/c1-2-3-4-5-6-7-8-9-10-11(13)12(14)15-16-10/h2-9H2,1H3,(H2,14,15). The van der Waals surface area contributed by atoms with Crippen LogP contribution in [0.15, 0.2) is 4.52 Å². The van der Waals surface area contributed by atoms with Gasteiger partial charge in [-0.15, -0.1) is 0 Å². The van der Waals surface area contributed by atoms with Crippen molar-refractivity contribution in [3.63, 3.8) is 0 Å². The zero-order valence-electron chi connectivity index (χ0n) is 9.97. The van der Waals surface area contributed by atoms with Crippen LogP contribution in [0.25, 0.3) is 0 Å². The van der Waals surface area contributed by atoms with E-state index in [0.29, 0.717) is 5.82 Å². The summed E-state index contributed by atoms with van der Waals surface area (Å²) in [6.45, 7) is 2.25. The van der Waals surface area contributed by atoms with E-state index < -0.39 is 0 Å². The Balaban J connectivity index is 2.05. The molecule has 1 rings (SSSR count). The number of nitrogens with zero attached hydrogens (tertiary/aromatic N) is 1. The molecule has 4 heteroatoms. The first kappa shape index (κ1) is 13.8. The highest BCUT2D eigenvalue weighted by Crippen LogP contribution is 2.20. The number of hydrogen-bond donors (Lipinski definition) is 1. The molecule has 0 aliphatic carbocycles. The average molecular weight is 336 g/mol. The van der Waals surface area contributed by atoms with E-state index >= 15 is 0 Å². The number of aromatic nitrogens is 1. The van der Waals surface area contributed by atoms with Gasteiger partial charge in [0, 0.05) is 6.42 Å². The van der Waals surface area contributed by atoms with Gasteiger partial charge in [0.2, 0.25) is 0 Å². The van der Waals surface area contributed by atoms with E-state index in [1.807, 2.05) is 0 Å². The van der Waals surface area contributed by atoms with Gasteiger partial charge < -0.3 is 10.3 Å². The Hall–Kier alpha value is -0.260. The number of rotatable bonds is 8. The maximum atomic E-state index is 5.61. The molecule has 0 spiro atoms. The number of nitrogen functional groups attached to an aromatic ring is 1. The van der Waals surface area contributed by atoms with Gasteiger partial charge in [-0.3, -0.25) is 0 Å². The third-order valence-corrected chi connectivity index (χ3v) is 3.89. The van der Waals surface area contributed by atoms with Crippen LogP contribution in [0.2, 0.25) is 0 Å². The molecular formula is C12H21IN2O. The van der Waals surface area contributed by atoms with Crippen molar-refractivity contribution in [2.45, 2.75) is 58.3 Å². The third kappa shape index (κ3) is 4.72. The summed E-state index contributed by atoms with van der Waals surface area (Å²) in [5, 5.41) is 3.75. The third-order valence-electron chi connectivity index (χ3n) is 2.73. The van der Waals surface area contributed by atoms with Crippen LogP contribution < -0.4 is 5.73 Å². The molecule has 0 unspecified atom stereocenters. The van der Waals surface area contributed by atoms with Gasteiger partial charge in [-0.2, -0.15) is 0 Å². The molecule has 0 amide bonds. The van der Waals surface area contributed by atoms with Gasteiger partial charge >= 0.3 is 0 Å². The maximum absolute atomic E-state index is 5.61. The van der Waals surface area contributed by atoms with Gasteiger partial charge in [0.1, 0.15) is 0 Å². The number of aryl methyl sites for hydroxylation is 1. The largest absolute Gasteiger partial charge is 0.380 e. The minimum atomic E-state index is 0.526. The lowest BCUT2D eigenvalue weighted by atomic mass is 10.1. The summed E-state index contributed by atoms with van der Waals surface area (Å²) in [6, 6.07) is 0. The molecule has 1 aromatic rings. The second kappa shape index (κ2) is 7.92. The highest BCUT2D eigenvalue weighted by atomic mass is 127. The molecule has 0 aliphatic heterocycles. The van der Waals surface area contributed by atoms with E-state index in [1.54, 1.807) is 0 Å². The first-order chi connectivity index (χ1) is 7.75. The molecule has 0 radical (unpaired) electrons. The average Bonchev–Trinajstić information content (AvgIpc) is 2.59. The summed E-state index contributed by atoms with van der Waals surface area (Å²) >= 11 is 2.20. The molecule has 3 nitrogen and oxygen atoms in total. The van der Waals surface area contributed by atoms with Gasteiger partial charge in [-0.05, 0) is 29.0 Å². The number of hydrogen-bond acceptors (Lipinski definition) is 3. The Morgan fingerprint density at radius 3 is 2.31 bits per heavy atom. The van der Waals surface area contributed by atoms with E-state index in [-0.39, 0.29) is 0 Å². The lowest BCUT2D eigenvalue weighted by Crippen LogP contribution is -1.89. The van der Waals surface area contributed by atoms with Crippen molar-refractivity contribution >= 4 is 28.4 Å². The van der Waals surface area contributed by atoms with Crippen molar-refractivity contribution < 1.29 is 4.52 Å². The molecule has 2 N–H and O–H groups in total. The lowest BCUT2D eigenvalue weighted by molar-refractivity contribution is 0.379. The van der Waals surface area contributed by atoms with Gasteiger partial charge in [-0.25, -0.2) is 0 Å². The molecule has 0 fully saturated rings. The number of unbranched alkanes of at least 4 members (excludes halogenated alkanes) is 6. The normalized spacial score (nSPS) is 10.9. The topological polar surface area (TPSA) is 52.0 Å². The summed E-state index contributed by atoms with van der Waals surface area (Å²) in [5.74, 6) is 1.48. The van der Waals surface area contributed by atoms with E-state index in [2.05, 4.69) is 34.7 Å². The molecule has 0 saturated carbocycles. The highest BCUT2D eigenvalue weighted by molar-refractivity contribution is 14.1. The quantitative estimate of drug-likeness (QED) is 0.573. The number of anilines is 1. The second-order valence-electron chi connectivity index (χ2n) is 4.18. The summed E-state index contributed by atoms with van der Waals surface area (Å²) in [5.41, 5.74) is 5.61. The zero-order valence-corrected chi connectivity index (χ0v) is 12.1. The predicted octanol–water partition coefficient (Wildman–Crippen LogP) is 4.15. The van der Waals surface area contributed by atoms with Crippen LogP contribution in [-0.2, 0) is 6.42 Å². The lowest BCUT2D eigenvalue weighted by Gasteiger charge is -1.99. The SMILES string of the molecule is CCCCCCCCCc1onc(N)c1I. The Morgan fingerprint density at radius 2 is 1.75 bits per heavy atom. The fourth-order valence-corrected chi connectivity index (χ4v) is 2.19. The van der Waals surface area contributed by atoms with Crippen LogP contribution in [-0.4, -0.2) is 5.16 Å².